The zero-order valence-electron chi connectivity index (χ0n) is 14.7. The summed E-state index contributed by atoms with van der Waals surface area (Å²) in [4.78, 5) is 29.4. The first kappa shape index (κ1) is 17.0. The van der Waals surface area contributed by atoms with Crippen LogP contribution in [0.2, 0.25) is 0 Å². The average molecular weight is 339 g/mol. The normalized spacial score (nSPS) is 11.0. The Morgan fingerprint density at radius 2 is 1.92 bits per heavy atom. The van der Waals surface area contributed by atoms with Gasteiger partial charge in [-0.3, -0.25) is 14.3 Å². The first-order valence-corrected chi connectivity index (χ1v) is 8.33. The van der Waals surface area contributed by atoms with Gasteiger partial charge in [0, 0.05) is 5.69 Å². The number of carbonyl (C=O) groups excluding carboxylic acids is 1. The molecule has 0 saturated carbocycles. The second kappa shape index (κ2) is 6.93. The van der Waals surface area contributed by atoms with Gasteiger partial charge in [0.1, 0.15) is 0 Å². The third-order valence-electron chi connectivity index (χ3n) is 4.05. The van der Waals surface area contributed by atoms with Crippen molar-refractivity contribution in [3.63, 3.8) is 0 Å². The fraction of sp³-hybridized carbons (Fsp3) is 0.316. The Morgan fingerprint density at radius 3 is 2.60 bits per heavy atom. The number of para-hydroxylation sites is 1. The maximum absolute atomic E-state index is 13.0. The zero-order valence-corrected chi connectivity index (χ0v) is 14.7. The Balaban J connectivity index is 2.21. The Morgan fingerprint density at radius 1 is 1.20 bits per heavy atom. The van der Waals surface area contributed by atoms with Crippen LogP contribution in [-0.4, -0.2) is 26.9 Å². The van der Waals surface area contributed by atoms with Crippen LogP contribution in [0.1, 0.15) is 24.6 Å². The van der Waals surface area contributed by atoms with E-state index in [0.29, 0.717) is 24.2 Å². The molecule has 0 amide bonds. The fourth-order valence-electron chi connectivity index (χ4n) is 3.04. The predicted molar refractivity (Wildman–Crippen MR) is 96.1 cm³/mol. The second-order valence-electron chi connectivity index (χ2n) is 5.91. The molecule has 130 valence electrons. The number of aryl methyl sites for hydroxylation is 3. The van der Waals surface area contributed by atoms with Crippen LogP contribution in [0.15, 0.2) is 41.2 Å². The molecular formula is C19H21N3O3. The minimum absolute atomic E-state index is 0.130. The molecule has 1 aromatic carbocycles. The number of esters is 1. The lowest BCUT2D eigenvalue weighted by molar-refractivity contribution is -0.143. The van der Waals surface area contributed by atoms with E-state index in [1.165, 1.54) is 0 Å². The molecule has 25 heavy (non-hydrogen) atoms. The van der Waals surface area contributed by atoms with Crippen molar-refractivity contribution in [3.05, 3.63) is 58.0 Å². The van der Waals surface area contributed by atoms with Gasteiger partial charge in [0.05, 0.1) is 30.6 Å². The predicted octanol–water partition coefficient (Wildman–Crippen LogP) is 2.76. The van der Waals surface area contributed by atoms with Crippen LogP contribution in [0.25, 0.3) is 16.7 Å². The summed E-state index contributed by atoms with van der Waals surface area (Å²) < 4.78 is 8.37. The van der Waals surface area contributed by atoms with Crippen molar-refractivity contribution < 1.29 is 9.53 Å². The topological polar surface area (TPSA) is 66.1 Å². The van der Waals surface area contributed by atoms with Gasteiger partial charge in [-0.15, -0.1) is 0 Å². The number of hydrogen-bond acceptors (Lipinski definition) is 4. The van der Waals surface area contributed by atoms with Crippen LogP contribution in [-0.2, 0) is 16.1 Å². The van der Waals surface area contributed by atoms with Crippen LogP contribution in [0.3, 0.4) is 0 Å². The molecule has 0 aliphatic heterocycles. The Hall–Kier alpha value is -2.89. The van der Waals surface area contributed by atoms with Gasteiger partial charge in [0.15, 0.2) is 5.65 Å². The molecule has 0 unspecified atom stereocenters. The smallest absolute Gasteiger partial charge is 0.307 e. The summed E-state index contributed by atoms with van der Waals surface area (Å²) in [5, 5.41) is 0.582. The Kier molecular flexibility index (Phi) is 4.70. The lowest BCUT2D eigenvalue weighted by Crippen LogP contribution is -2.22. The zero-order chi connectivity index (χ0) is 18.0. The summed E-state index contributed by atoms with van der Waals surface area (Å²) in [5.74, 6) is -0.291. The van der Waals surface area contributed by atoms with Crippen LogP contribution >= 0.6 is 0 Å². The summed E-state index contributed by atoms with van der Waals surface area (Å²) >= 11 is 0. The summed E-state index contributed by atoms with van der Waals surface area (Å²) in [7, 11) is 0. The van der Waals surface area contributed by atoms with E-state index in [1.54, 1.807) is 16.3 Å². The van der Waals surface area contributed by atoms with Crippen molar-refractivity contribution in [1.29, 1.82) is 0 Å². The number of aromatic nitrogens is 3. The minimum Gasteiger partial charge on any atom is -0.466 e. The molecule has 0 N–H and O–H groups in total. The standard InChI is InChI=1S/C19H21N3O3/c1-4-25-16(23)10-11-21-18-17(13(2)12-14(3)20-18)19(24)22(21)15-8-6-5-7-9-15/h5-9,12H,4,10-11H2,1-3H3. The van der Waals surface area contributed by atoms with E-state index in [1.807, 2.05) is 50.2 Å². The van der Waals surface area contributed by atoms with Gasteiger partial charge >= 0.3 is 5.97 Å². The van der Waals surface area contributed by atoms with Crippen LogP contribution in [0, 0.1) is 13.8 Å². The van der Waals surface area contributed by atoms with E-state index in [4.69, 9.17) is 4.74 Å². The summed E-state index contributed by atoms with van der Waals surface area (Å²) in [6, 6.07) is 11.3. The summed E-state index contributed by atoms with van der Waals surface area (Å²) in [6.45, 7) is 6.24. The lowest BCUT2D eigenvalue weighted by atomic mass is 10.2. The van der Waals surface area contributed by atoms with Crippen molar-refractivity contribution >= 4 is 17.0 Å². The number of rotatable bonds is 5. The number of ether oxygens (including phenoxy) is 1. The van der Waals surface area contributed by atoms with Crippen LogP contribution in [0.4, 0.5) is 0 Å². The lowest BCUT2D eigenvalue weighted by Gasteiger charge is -2.12. The third-order valence-corrected chi connectivity index (χ3v) is 4.05. The largest absolute Gasteiger partial charge is 0.466 e. The van der Waals surface area contributed by atoms with E-state index in [2.05, 4.69) is 4.98 Å². The van der Waals surface area contributed by atoms with Gasteiger partial charge in [-0.1, -0.05) is 18.2 Å². The molecule has 6 nitrogen and oxygen atoms in total. The summed E-state index contributed by atoms with van der Waals surface area (Å²) in [6.07, 6.45) is 0.179. The molecule has 3 rings (SSSR count). The number of pyridine rings is 1. The van der Waals surface area contributed by atoms with Gasteiger partial charge in [0.2, 0.25) is 0 Å². The number of carbonyl (C=O) groups is 1. The van der Waals surface area contributed by atoms with E-state index >= 15 is 0 Å². The molecule has 0 bridgehead atoms. The monoisotopic (exact) mass is 339 g/mol. The van der Waals surface area contributed by atoms with E-state index in [0.717, 1.165) is 16.9 Å². The molecule has 0 spiro atoms. The quantitative estimate of drug-likeness (QED) is 0.671. The first-order chi connectivity index (χ1) is 12.0. The highest BCUT2D eigenvalue weighted by molar-refractivity contribution is 5.79. The van der Waals surface area contributed by atoms with Gasteiger partial charge in [-0.25, -0.2) is 9.67 Å². The minimum atomic E-state index is -0.291. The number of hydrogen-bond donors (Lipinski definition) is 0. The molecule has 0 aliphatic rings. The number of benzene rings is 1. The molecule has 6 heteroatoms. The Bertz CT molecular complexity index is 971. The molecule has 2 heterocycles. The highest BCUT2D eigenvalue weighted by atomic mass is 16.5. The summed E-state index contributed by atoms with van der Waals surface area (Å²) in [5.41, 5.74) is 2.92. The molecule has 0 fully saturated rings. The van der Waals surface area contributed by atoms with Crippen molar-refractivity contribution in [2.45, 2.75) is 33.7 Å². The van der Waals surface area contributed by atoms with Crippen molar-refractivity contribution in [2.24, 2.45) is 0 Å². The maximum atomic E-state index is 13.0. The van der Waals surface area contributed by atoms with Crippen molar-refractivity contribution in [1.82, 2.24) is 14.3 Å². The van der Waals surface area contributed by atoms with E-state index in [9.17, 15) is 9.59 Å². The number of nitrogens with zero attached hydrogens (tertiary/aromatic N) is 3. The average Bonchev–Trinajstić information content (AvgIpc) is 2.86. The second-order valence-corrected chi connectivity index (χ2v) is 5.91. The van der Waals surface area contributed by atoms with Crippen LogP contribution < -0.4 is 5.56 Å². The molecular weight excluding hydrogens is 318 g/mol. The van der Waals surface area contributed by atoms with Crippen LogP contribution in [0.5, 0.6) is 0 Å². The van der Waals surface area contributed by atoms with Gasteiger partial charge in [0.25, 0.3) is 5.56 Å². The highest BCUT2D eigenvalue weighted by Crippen LogP contribution is 2.18. The van der Waals surface area contributed by atoms with Gasteiger partial charge in [-0.05, 0) is 44.5 Å². The maximum Gasteiger partial charge on any atom is 0.307 e. The first-order valence-electron chi connectivity index (χ1n) is 8.33. The molecule has 2 aromatic heterocycles. The molecule has 0 radical (unpaired) electrons. The fourth-order valence-corrected chi connectivity index (χ4v) is 3.04. The third kappa shape index (κ3) is 3.20. The van der Waals surface area contributed by atoms with Crippen molar-refractivity contribution in [2.75, 3.05) is 6.61 Å². The highest BCUT2D eigenvalue weighted by Gasteiger charge is 2.19. The molecule has 0 aliphatic carbocycles. The van der Waals surface area contributed by atoms with Gasteiger partial charge in [-0.2, -0.15) is 0 Å². The van der Waals surface area contributed by atoms with Crippen molar-refractivity contribution in [3.8, 4) is 5.69 Å². The van der Waals surface area contributed by atoms with E-state index < -0.39 is 0 Å². The van der Waals surface area contributed by atoms with Gasteiger partial charge < -0.3 is 4.74 Å². The Labute approximate surface area is 145 Å². The molecule has 0 saturated heterocycles. The number of fused-ring (bicyclic) bond motifs is 1. The molecule has 3 aromatic rings. The molecule has 0 atom stereocenters. The van der Waals surface area contributed by atoms with E-state index in [-0.39, 0.29) is 17.9 Å². The SMILES string of the molecule is CCOC(=O)CCn1c2nc(C)cc(C)c2c(=O)n1-c1ccccc1.